The molecule has 0 amide bonds. The van der Waals surface area contributed by atoms with Crippen molar-refractivity contribution in [2.75, 3.05) is 44.1 Å². The Kier molecular flexibility index (Phi) is 8.07. The molecule has 0 bridgehead atoms. The lowest BCUT2D eigenvalue weighted by atomic mass is 10.0. The van der Waals surface area contributed by atoms with Crippen LogP contribution in [-0.2, 0) is 22.9 Å². The van der Waals surface area contributed by atoms with Gasteiger partial charge in [0, 0.05) is 36.5 Å². The van der Waals surface area contributed by atoms with Gasteiger partial charge in [0.2, 0.25) is 5.89 Å². The largest absolute Gasteiger partial charge is 0.495 e. The maximum atomic E-state index is 14.7. The number of anilines is 2. The Morgan fingerprint density at radius 2 is 1.93 bits per heavy atom. The highest BCUT2D eigenvalue weighted by atomic mass is 32.2. The van der Waals surface area contributed by atoms with Crippen LogP contribution in [-0.4, -0.2) is 80.0 Å². The molecular formula is C27H30F4N6O4S. The van der Waals surface area contributed by atoms with Gasteiger partial charge in [-0.3, -0.25) is 0 Å². The monoisotopic (exact) mass is 610 g/mol. The molecule has 10 nitrogen and oxygen atoms in total. The van der Waals surface area contributed by atoms with E-state index in [4.69, 9.17) is 9.15 Å². The molecular weight excluding hydrogens is 580 g/mol. The van der Waals surface area contributed by atoms with E-state index in [1.54, 1.807) is 18.2 Å². The minimum Gasteiger partial charge on any atom is -0.495 e. The van der Waals surface area contributed by atoms with Gasteiger partial charge < -0.3 is 29.3 Å². The molecule has 1 saturated heterocycles. The molecule has 5 rings (SSSR count). The topological polar surface area (TPSA) is 115 Å². The molecule has 15 heteroatoms. The first kappa shape index (κ1) is 29.6. The average molecular weight is 611 g/mol. The molecule has 0 unspecified atom stereocenters. The zero-order chi connectivity index (χ0) is 30.2. The second kappa shape index (κ2) is 11.4. The predicted octanol–water partition coefficient (Wildman–Crippen LogP) is 4.73. The SMILES string of the molecule is COc1cc(S(C)(=O)=O)ccc1NCc1nnc(-c2cc3c(N[C@H]4CCN(C)C[C@H]4F)cccc3n2CC(F)(F)F)o1. The summed E-state index contributed by atoms with van der Waals surface area (Å²) in [6, 6.07) is 10.2. The number of fused-ring (bicyclic) bond motifs is 1. The number of sulfone groups is 1. The van der Waals surface area contributed by atoms with Crippen LogP contribution in [0.15, 0.2) is 51.8 Å². The van der Waals surface area contributed by atoms with Crippen molar-refractivity contribution in [3.05, 3.63) is 48.4 Å². The summed E-state index contributed by atoms with van der Waals surface area (Å²) in [5, 5.41) is 14.7. The third-order valence-electron chi connectivity index (χ3n) is 7.09. The Bertz CT molecular complexity index is 1690. The molecule has 0 saturated carbocycles. The van der Waals surface area contributed by atoms with Crippen LogP contribution in [0.25, 0.3) is 22.5 Å². The number of halogens is 4. The average Bonchev–Trinajstić information content (AvgIpc) is 3.53. The number of likely N-dealkylation sites (tertiary alicyclic amines) is 1. The van der Waals surface area contributed by atoms with Crippen molar-refractivity contribution in [2.45, 2.75) is 42.8 Å². The van der Waals surface area contributed by atoms with Gasteiger partial charge in [-0.15, -0.1) is 10.2 Å². The van der Waals surface area contributed by atoms with Gasteiger partial charge in [0.1, 0.15) is 24.2 Å². The Morgan fingerprint density at radius 3 is 2.62 bits per heavy atom. The van der Waals surface area contributed by atoms with Gasteiger partial charge in [-0.1, -0.05) is 6.07 Å². The van der Waals surface area contributed by atoms with E-state index < -0.39 is 34.8 Å². The molecule has 42 heavy (non-hydrogen) atoms. The van der Waals surface area contributed by atoms with Crippen LogP contribution in [0.1, 0.15) is 12.3 Å². The summed E-state index contributed by atoms with van der Waals surface area (Å²) < 4.78 is 91.6. The standard InChI is InChI=1S/C27H30F4N6O4S/c1-36-10-9-20(18(28)14-36)33-19-5-4-6-22-17(19)12-23(37(22)15-27(29,30)31)26-35-34-25(41-26)13-32-21-8-7-16(42(3,38)39)11-24(21)40-2/h4-8,11-12,18,20,32-33H,9-10,13-15H2,1-3H3/t18-,20+/m1/s1. The number of piperidine rings is 1. The minimum atomic E-state index is -4.54. The first-order valence-electron chi connectivity index (χ1n) is 13.1. The molecule has 0 aliphatic carbocycles. The Labute approximate surface area is 239 Å². The van der Waals surface area contributed by atoms with Crippen molar-refractivity contribution in [3.8, 4) is 17.3 Å². The number of nitrogens with zero attached hydrogens (tertiary/aromatic N) is 4. The fraction of sp³-hybridized carbons (Fsp3) is 0.407. The van der Waals surface area contributed by atoms with Crippen molar-refractivity contribution in [2.24, 2.45) is 0 Å². The van der Waals surface area contributed by atoms with E-state index in [2.05, 4.69) is 20.8 Å². The first-order chi connectivity index (χ1) is 19.8. The van der Waals surface area contributed by atoms with Crippen LogP contribution in [0.4, 0.5) is 28.9 Å². The number of hydrogen-bond acceptors (Lipinski definition) is 9. The number of methoxy groups -OCH3 is 1. The lowest BCUT2D eigenvalue weighted by Crippen LogP contribution is -2.46. The summed E-state index contributed by atoms with van der Waals surface area (Å²) in [6.07, 6.45) is -4.05. The van der Waals surface area contributed by atoms with Crippen molar-refractivity contribution in [1.29, 1.82) is 0 Å². The van der Waals surface area contributed by atoms with Gasteiger partial charge in [-0.2, -0.15) is 13.2 Å². The quantitative estimate of drug-likeness (QED) is 0.260. The molecule has 1 aliphatic heterocycles. The Balaban J connectivity index is 1.44. The number of aromatic nitrogens is 3. The van der Waals surface area contributed by atoms with E-state index in [-0.39, 0.29) is 46.7 Å². The van der Waals surface area contributed by atoms with Crippen molar-refractivity contribution >= 4 is 32.1 Å². The maximum absolute atomic E-state index is 14.7. The van der Waals surface area contributed by atoms with Crippen LogP contribution in [0.2, 0.25) is 0 Å². The van der Waals surface area contributed by atoms with Gasteiger partial charge in [0.15, 0.2) is 9.84 Å². The van der Waals surface area contributed by atoms with Gasteiger partial charge in [-0.25, -0.2) is 12.8 Å². The molecule has 2 N–H and O–H groups in total. The molecule has 4 aromatic rings. The number of benzene rings is 2. The number of rotatable bonds is 9. The van der Waals surface area contributed by atoms with Gasteiger partial charge >= 0.3 is 6.18 Å². The van der Waals surface area contributed by atoms with E-state index in [9.17, 15) is 26.0 Å². The highest BCUT2D eigenvalue weighted by Gasteiger charge is 2.32. The molecule has 0 spiro atoms. The molecule has 1 fully saturated rings. The third kappa shape index (κ3) is 6.46. The van der Waals surface area contributed by atoms with Crippen LogP contribution in [0, 0.1) is 0 Å². The zero-order valence-electron chi connectivity index (χ0n) is 23.1. The van der Waals surface area contributed by atoms with E-state index in [0.29, 0.717) is 29.7 Å². The number of ether oxygens (including phenoxy) is 1. The van der Waals surface area contributed by atoms with E-state index in [0.717, 1.165) is 10.8 Å². The summed E-state index contributed by atoms with van der Waals surface area (Å²) in [7, 11) is -0.219. The van der Waals surface area contributed by atoms with E-state index in [1.165, 1.54) is 31.4 Å². The van der Waals surface area contributed by atoms with Crippen LogP contribution in [0.3, 0.4) is 0 Å². The zero-order valence-corrected chi connectivity index (χ0v) is 23.9. The number of nitrogens with one attached hydrogen (secondary N) is 2. The van der Waals surface area contributed by atoms with Crippen LogP contribution >= 0.6 is 0 Å². The molecule has 1 aliphatic rings. The Morgan fingerprint density at radius 1 is 1.14 bits per heavy atom. The lowest BCUT2D eigenvalue weighted by Gasteiger charge is -2.33. The maximum Gasteiger partial charge on any atom is 0.406 e. The van der Waals surface area contributed by atoms with Crippen molar-refractivity contribution < 1.29 is 35.1 Å². The van der Waals surface area contributed by atoms with Gasteiger partial charge in [0.05, 0.1) is 35.8 Å². The highest BCUT2D eigenvalue weighted by Crippen LogP contribution is 2.36. The first-order valence-corrected chi connectivity index (χ1v) is 14.9. The van der Waals surface area contributed by atoms with Gasteiger partial charge in [0.25, 0.3) is 5.89 Å². The second-order valence-electron chi connectivity index (χ2n) is 10.3. The van der Waals surface area contributed by atoms with E-state index >= 15 is 0 Å². The highest BCUT2D eigenvalue weighted by molar-refractivity contribution is 7.90. The summed E-state index contributed by atoms with van der Waals surface area (Å²) >= 11 is 0. The molecule has 3 heterocycles. The van der Waals surface area contributed by atoms with Crippen LogP contribution < -0.4 is 15.4 Å². The van der Waals surface area contributed by atoms with Crippen LogP contribution in [0.5, 0.6) is 5.75 Å². The Hall–Kier alpha value is -3.85. The fourth-order valence-electron chi connectivity index (χ4n) is 5.00. The van der Waals surface area contributed by atoms with Crippen molar-refractivity contribution in [1.82, 2.24) is 19.7 Å². The summed E-state index contributed by atoms with van der Waals surface area (Å²) in [5.74, 6) is 0.219. The predicted molar refractivity (Wildman–Crippen MR) is 149 cm³/mol. The summed E-state index contributed by atoms with van der Waals surface area (Å²) in [5.41, 5.74) is 1.30. The second-order valence-corrected chi connectivity index (χ2v) is 12.3. The normalized spacial score (nSPS) is 18.4. The molecule has 0 radical (unpaired) electrons. The molecule has 2 aromatic carbocycles. The minimum absolute atomic E-state index is 0.0120. The fourth-order valence-corrected chi connectivity index (χ4v) is 5.64. The summed E-state index contributed by atoms with van der Waals surface area (Å²) in [4.78, 5) is 1.97. The van der Waals surface area contributed by atoms with E-state index in [1.807, 2.05) is 11.9 Å². The third-order valence-corrected chi connectivity index (χ3v) is 8.20. The van der Waals surface area contributed by atoms with Gasteiger partial charge in [-0.05, 0) is 43.8 Å². The molecule has 2 aromatic heterocycles. The van der Waals surface area contributed by atoms with Crippen molar-refractivity contribution in [3.63, 3.8) is 0 Å². The lowest BCUT2D eigenvalue weighted by molar-refractivity contribution is -0.139. The number of hydrogen-bond donors (Lipinski definition) is 2. The smallest absolute Gasteiger partial charge is 0.406 e. The summed E-state index contributed by atoms with van der Waals surface area (Å²) in [6.45, 7) is -0.349. The molecule has 226 valence electrons. The number of alkyl halides is 4. The molecule has 2 atom stereocenters.